The molecule has 1 radical (unpaired) electrons. The largest absolute Gasteiger partial charge is 0.644 e. The molecule has 0 unspecified atom stereocenters. The van der Waals surface area contributed by atoms with E-state index in [1.54, 1.807) is 36.5 Å². The Kier molecular flexibility index (Phi) is 10.2. The Balaban J connectivity index is 0.000000265. The summed E-state index contributed by atoms with van der Waals surface area (Å²) in [6.45, 7) is -0.348. The summed E-state index contributed by atoms with van der Waals surface area (Å²) in [5, 5.41) is 3.26. The van der Waals surface area contributed by atoms with Crippen molar-refractivity contribution in [2.24, 2.45) is 0 Å². The van der Waals surface area contributed by atoms with Gasteiger partial charge in [0, 0.05) is 49.8 Å². The van der Waals surface area contributed by atoms with E-state index in [0.717, 1.165) is 12.1 Å². The number of hydrogen-bond acceptors (Lipinski definition) is 3. The Morgan fingerprint density at radius 1 is 0.806 bits per heavy atom. The molecule has 189 valence electrons. The van der Waals surface area contributed by atoms with Crippen molar-refractivity contribution in [3.63, 3.8) is 0 Å². The van der Waals surface area contributed by atoms with Crippen LogP contribution >= 0.6 is 0 Å². The van der Waals surface area contributed by atoms with Crippen molar-refractivity contribution < 1.29 is 55.6 Å². The van der Waals surface area contributed by atoms with Crippen molar-refractivity contribution in [2.75, 3.05) is 0 Å². The second-order valence-electron chi connectivity index (χ2n) is 6.64. The van der Waals surface area contributed by atoms with Crippen molar-refractivity contribution in [2.45, 2.75) is 6.54 Å². The summed E-state index contributed by atoms with van der Waals surface area (Å²) in [5.74, 6) is -14.0. The number of pyridine rings is 2. The van der Waals surface area contributed by atoms with Gasteiger partial charge in [-0.05, 0) is 23.9 Å². The molecule has 1 amide bonds. The molecule has 0 atom stereocenters. The third-order valence-corrected chi connectivity index (χ3v) is 4.31. The van der Waals surface area contributed by atoms with Gasteiger partial charge in [0.1, 0.15) is 0 Å². The number of carbonyl (C=O) groups excluding carboxylic acids is 1. The molecular weight excluding hydrogens is 671 g/mol. The molecule has 0 fully saturated rings. The van der Waals surface area contributed by atoms with Crippen molar-refractivity contribution in [3.05, 3.63) is 124 Å². The van der Waals surface area contributed by atoms with E-state index >= 15 is 0 Å². The number of carbonyl (C=O) groups is 1. The van der Waals surface area contributed by atoms with Gasteiger partial charge in [0.15, 0.2) is 23.3 Å². The number of benzene rings is 2. The zero-order valence-corrected chi connectivity index (χ0v) is 20.1. The second-order valence-corrected chi connectivity index (χ2v) is 6.64. The van der Waals surface area contributed by atoms with Gasteiger partial charge in [-0.2, -0.15) is 0 Å². The van der Waals surface area contributed by atoms with Crippen molar-refractivity contribution >= 4 is 5.91 Å². The Morgan fingerprint density at radius 2 is 1.39 bits per heavy atom. The predicted molar refractivity (Wildman–Crippen MR) is 110 cm³/mol. The van der Waals surface area contributed by atoms with Gasteiger partial charge in [0.05, 0.1) is 11.5 Å². The van der Waals surface area contributed by atoms with Gasteiger partial charge < -0.3 is 15.1 Å². The zero-order valence-electron chi connectivity index (χ0n) is 17.7. The number of nitrogens with zero attached hydrogens (tertiary/aromatic N) is 3. The van der Waals surface area contributed by atoms with Crippen LogP contribution in [0.3, 0.4) is 0 Å². The Morgan fingerprint density at radius 3 is 1.92 bits per heavy atom. The number of aromatic nitrogens is 2. The van der Waals surface area contributed by atoms with Gasteiger partial charge in [-0.3, -0.25) is 13.8 Å². The van der Waals surface area contributed by atoms with E-state index in [-0.39, 0.29) is 32.2 Å². The molecule has 0 aliphatic heterocycles. The number of hydrogen-bond donors (Lipinski definition) is 0. The van der Waals surface area contributed by atoms with Crippen LogP contribution in [-0.4, -0.2) is 15.9 Å². The van der Waals surface area contributed by atoms with Crippen LogP contribution in [0, 0.1) is 46.8 Å². The van der Waals surface area contributed by atoms with E-state index in [1.807, 2.05) is 0 Å². The fourth-order valence-electron chi connectivity index (χ4n) is 2.67. The number of rotatable bonds is 4. The Hall–Kier alpha value is -3.63. The third kappa shape index (κ3) is 6.73. The molecule has 0 aliphatic carbocycles. The minimum Gasteiger partial charge on any atom is -0.644 e. The van der Waals surface area contributed by atoms with E-state index in [9.17, 15) is 35.5 Å². The first-order chi connectivity index (χ1) is 16.7. The molecule has 0 saturated carbocycles. The van der Waals surface area contributed by atoms with Crippen LogP contribution in [0.15, 0.2) is 60.9 Å². The van der Waals surface area contributed by atoms with Gasteiger partial charge in [0.2, 0.25) is 5.82 Å². The molecule has 4 nitrogen and oxygen atoms in total. The van der Waals surface area contributed by atoms with Crippen molar-refractivity contribution in [3.8, 4) is 11.3 Å². The molecule has 0 bridgehead atoms. The third-order valence-electron chi connectivity index (χ3n) is 4.31. The van der Waals surface area contributed by atoms with E-state index in [2.05, 4.69) is 21.4 Å². The SMILES string of the molecule is Fc1c[c-]c(-c2ccccn2)c(F)c1.O=C([N-]Cc1ccccn1)c1c(F)c(F)c(F)c(F)c1F.[Ir]. The molecule has 0 N–H and O–H groups in total. The standard InChI is InChI=1S/C13H7F5N2O.C11H6F2N.Ir/c14-8-7(9(15)11(17)12(18)10(8)16)13(21)20-5-6-3-1-2-4-19-6;12-8-4-5-9(10(13)7-8)11-3-1-2-6-14-11;/h1-4H,5H2,(H,20,21);1-4,6-7H;/q;-1;/p-1. The molecule has 12 heteroatoms. The maximum absolute atomic E-state index is 13.4. The van der Waals surface area contributed by atoms with E-state index in [1.165, 1.54) is 12.3 Å². The topological polar surface area (TPSA) is 57.0 Å². The molecule has 0 saturated heterocycles. The minimum atomic E-state index is -2.33. The molecule has 0 aliphatic rings. The van der Waals surface area contributed by atoms with E-state index in [4.69, 9.17) is 0 Å². The van der Waals surface area contributed by atoms with Crippen LogP contribution < -0.4 is 0 Å². The fraction of sp³-hybridized carbons (Fsp3) is 0.0417. The molecule has 4 aromatic rings. The summed E-state index contributed by atoms with van der Waals surface area (Å²) in [5.41, 5.74) is -0.644. The summed E-state index contributed by atoms with van der Waals surface area (Å²) < 4.78 is 91.3. The molecule has 2 heterocycles. The molecule has 2 aromatic carbocycles. The maximum Gasteiger partial charge on any atom is 0.200 e. The quantitative estimate of drug-likeness (QED) is 0.110. The van der Waals surface area contributed by atoms with Gasteiger partial charge >= 0.3 is 0 Å². The van der Waals surface area contributed by atoms with Gasteiger partial charge in [-0.15, -0.1) is 12.1 Å². The zero-order chi connectivity index (χ0) is 25.5. The summed E-state index contributed by atoms with van der Waals surface area (Å²) in [4.78, 5) is 19.3. The molecule has 2 aromatic heterocycles. The average molecular weight is 684 g/mol. The number of amides is 1. The summed E-state index contributed by atoms with van der Waals surface area (Å²) in [6.07, 6.45) is 2.94. The van der Waals surface area contributed by atoms with Crippen LogP contribution in [-0.2, 0) is 26.7 Å². The van der Waals surface area contributed by atoms with Gasteiger partial charge in [0.25, 0.3) is 0 Å². The van der Waals surface area contributed by atoms with Crippen LogP contribution in [0.5, 0.6) is 0 Å². The van der Waals surface area contributed by atoms with Gasteiger partial charge in [-0.25, -0.2) is 22.0 Å². The smallest absolute Gasteiger partial charge is 0.200 e. The summed E-state index contributed by atoms with van der Waals surface area (Å²) in [7, 11) is 0. The van der Waals surface area contributed by atoms with E-state index < -0.39 is 52.2 Å². The molecular formula is C24H12F7IrN3O-2. The van der Waals surface area contributed by atoms with Gasteiger partial charge in [-0.1, -0.05) is 36.4 Å². The first kappa shape index (κ1) is 28.6. The average Bonchev–Trinajstić information content (AvgIpc) is 2.87. The normalized spacial score (nSPS) is 10.1. The van der Waals surface area contributed by atoms with Crippen LogP contribution in [0.25, 0.3) is 16.6 Å². The number of halogens is 7. The molecule has 0 spiro atoms. The van der Waals surface area contributed by atoms with Crippen molar-refractivity contribution in [1.82, 2.24) is 9.97 Å². The first-order valence-electron chi connectivity index (χ1n) is 9.62. The minimum absolute atomic E-state index is 0. The van der Waals surface area contributed by atoms with Crippen LogP contribution in [0.4, 0.5) is 30.7 Å². The summed E-state index contributed by atoms with van der Waals surface area (Å²) in [6, 6.07) is 14.2. The van der Waals surface area contributed by atoms with E-state index in [0.29, 0.717) is 11.4 Å². The predicted octanol–water partition coefficient (Wildman–Crippen LogP) is 6.32. The first-order valence-corrected chi connectivity index (χ1v) is 9.62. The van der Waals surface area contributed by atoms with Crippen molar-refractivity contribution in [1.29, 1.82) is 0 Å². The second kappa shape index (κ2) is 12.9. The van der Waals surface area contributed by atoms with Crippen LogP contribution in [0.2, 0.25) is 0 Å². The Labute approximate surface area is 213 Å². The monoisotopic (exact) mass is 684 g/mol. The molecule has 36 heavy (non-hydrogen) atoms. The summed E-state index contributed by atoms with van der Waals surface area (Å²) >= 11 is 0. The fourth-order valence-corrected chi connectivity index (χ4v) is 2.67. The Bertz CT molecular complexity index is 1310. The maximum atomic E-state index is 13.4. The van der Waals surface area contributed by atoms with Crippen LogP contribution in [0.1, 0.15) is 16.1 Å². The molecule has 4 rings (SSSR count).